The van der Waals surface area contributed by atoms with E-state index in [1.807, 2.05) is 30.3 Å². The van der Waals surface area contributed by atoms with E-state index >= 15 is 0 Å². The van der Waals surface area contributed by atoms with Crippen LogP contribution in [0.15, 0.2) is 48.5 Å². The van der Waals surface area contributed by atoms with Gasteiger partial charge in [0.05, 0.1) is 0 Å². The summed E-state index contributed by atoms with van der Waals surface area (Å²) in [4.78, 5) is 12.3. The van der Waals surface area contributed by atoms with Crippen molar-refractivity contribution in [2.24, 2.45) is 5.73 Å². The highest BCUT2D eigenvalue weighted by Gasteiger charge is 2.05. The van der Waals surface area contributed by atoms with Crippen LogP contribution in [0.2, 0.25) is 0 Å². The van der Waals surface area contributed by atoms with Crippen molar-refractivity contribution in [2.75, 3.05) is 5.32 Å². The summed E-state index contributed by atoms with van der Waals surface area (Å²) in [5.74, 6) is -0.0154. The topological polar surface area (TPSA) is 55.1 Å². The Morgan fingerprint density at radius 2 is 1.95 bits per heavy atom. The second-order valence-corrected chi connectivity index (χ2v) is 5.36. The lowest BCUT2D eigenvalue weighted by Gasteiger charge is -2.08. The van der Waals surface area contributed by atoms with E-state index < -0.39 is 0 Å². The van der Waals surface area contributed by atoms with Crippen LogP contribution in [-0.2, 0) is 11.2 Å². The molecule has 2 aromatic carbocycles. The van der Waals surface area contributed by atoms with Gasteiger partial charge in [0.1, 0.15) is 4.99 Å². The molecule has 0 fully saturated rings. The van der Waals surface area contributed by atoms with Crippen molar-refractivity contribution in [2.45, 2.75) is 19.8 Å². The van der Waals surface area contributed by atoms with Gasteiger partial charge in [-0.1, -0.05) is 48.6 Å². The highest BCUT2D eigenvalue weighted by Crippen LogP contribution is 2.13. The minimum Gasteiger partial charge on any atom is -0.389 e. The van der Waals surface area contributed by atoms with Gasteiger partial charge in [-0.3, -0.25) is 4.79 Å². The quantitative estimate of drug-likeness (QED) is 0.833. The monoisotopic (exact) mass is 298 g/mol. The Balaban J connectivity index is 1.95. The van der Waals surface area contributed by atoms with Gasteiger partial charge < -0.3 is 11.1 Å². The van der Waals surface area contributed by atoms with E-state index in [4.69, 9.17) is 18.0 Å². The number of nitrogens with one attached hydrogen (secondary N) is 1. The first kappa shape index (κ1) is 15.2. The molecule has 0 heterocycles. The van der Waals surface area contributed by atoms with Gasteiger partial charge in [0.15, 0.2) is 0 Å². The van der Waals surface area contributed by atoms with Crippen molar-refractivity contribution in [3.63, 3.8) is 0 Å². The summed E-state index contributed by atoms with van der Waals surface area (Å²) >= 11 is 4.93. The first-order valence-electron chi connectivity index (χ1n) is 6.80. The van der Waals surface area contributed by atoms with Crippen molar-refractivity contribution >= 4 is 28.8 Å². The molecule has 3 N–H and O–H groups in total. The summed E-state index contributed by atoms with van der Waals surface area (Å²) in [5, 5.41) is 2.87. The van der Waals surface area contributed by atoms with Crippen LogP contribution in [-0.4, -0.2) is 10.9 Å². The lowest BCUT2D eigenvalue weighted by molar-refractivity contribution is -0.116. The summed E-state index contributed by atoms with van der Waals surface area (Å²) in [6.45, 7) is 2.05. The van der Waals surface area contributed by atoms with Gasteiger partial charge in [0.25, 0.3) is 0 Å². The molecule has 0 unspecified atom stereocenters. The fraction of sp³-hybridized carbons (Fsp3) is 0.176. The fourth-order valence-corrected chi connectivity index (χ4v) is 2.24. The second-order valence-electron chi connectivity index (χ2n) is 4.92. The number of anilines is 1. The van der Waals surface area contributed by atoms with Crippen LogP contribution in [0.5, 0.6) is 0 Å². The third-order valence-corrected chi connectivity index (χ3v) is 3.55. The van der Waals surface area contributed by atoms with E-state index in [1.165, 1.54) is 11.1 Å². The van der Waals surface area contributed by atoms with Crippen LogP contribution in [0.1, 0.15) is 23.1 Å². The number of hydrogen-bond donors (Lipinski definition) is 2. The number of nitrogens with two attached hydrogens (primary N) is 1. The first-order chi connectivity index (χ1) is 10.1. The Hall–Kier alpha value is -2.20. The number of amides is 1. The Morgan fingerprint density at radius 1 is 1.19 bits per heavy atom. The number of rotatable bonds is 5. The lowest BCUT2D eigenvalue weighted by atomic mass is 10.0. The van der Waals surface area contributed by atoms with Crippen molar-refractivity contribution in [1.82, 2.24) is 0 Å². The molecule has 0 spiro atoms. The minimum atomic E-state index is -0.0154. The molecule has 2 rings (SSSR count). The maximum atomic E-state index is 12.0. The van der Waals surface area contributed by atoms with E-state index in [2.05, 4.69) is 24.4 Å². The van der Waals surface area contributed by atoms with Crippen LogP contribution in [0.25, 0.3) is 0 Å². The Kier molecular flexibility index (Phi) is 5.06. The molecule has 0 saturated heterocycles. The number of hydrogen-bond acceptors (Lipinski definition) is 2. The SMILES string of the molecule is Cc1ccccc1CCC(=O)Nc1cccc(C(N)=S)c1. The van der Waals surface area contributed by atoms with Crippen LogP contribution >= 0.6 is 12.2 Å². The summed E-state index contributed by atoms with van der Waals surface area (Å²) in [6, 6.07) is 15.4. The maximum absolute atomic E-state index is 12.0. The zero-order valence-corrected chi connectivity index (χ0v) is 12.7. The highest BCUT2D eigenvalue weighted by atomic mass is 32.1. The zero-order valence-electron chi connectivity index (χ0n) is 11.9. The number of carbonyl (C=O) groups excluding carboxylic acids is 1. The summed E-state index contributed by atoms with van der Waals surface area (Å²) in [5.41, 5.74) is 9.46. The van der Waals surface area contributed by atoms with Crippen LogP contribution in [0.4, 0.5) is 5.69 Å². The van der Waals surface area contributed by atoms with Crippen LogP contribution in [0, 0.1) is 6.92 Å². The van der Waals surface area contributed by atoms with E-state index in [0.717, 1.165) is 17.7 Å². The van der Waals surface area contributed by atoms with E-state index in [-0.39, 0.29) is 5.91 Å². The normalized spacial score (nSPS) is 10.1. The number of aryl methyl sites for hydroxylation is 2. The molecular weight excluding hydrogens is 280 g/mol. The lowest BCUT2D eigenvalue weighted by Crippen LogP contribution is -2.14. The molecule has 0 atom stereocenters. The fourth-order valence-electron chi connectivity index (χ4n) is 2.11. The number of thiocarbonyl (C=S) groups is 1. The molecule has 0 saturated carbocycles. The maximum Gasteiger partial charge on any atom is 0.224 e. The largest absolute Gasteiger partial charge is 0.389 e. The molecule has 21 heavy (non-hydrogen) atoms. The molecule has 0 aliphatic heterocycles. The molecule has 4 heteroatoms. The van der Waals surface area contributed by atoms with Gasteiger partial charge in [-0.25, -0.2) is 0 Å². The van der Waals surface area contributed by atoms with Crippen molar-refractivity contribution in [3.05, 3.63) is 65.2 Å². The van der Waals surface area contributed by atoms with Gasteiger partial charge in [-0.2, -0.15) is 0 Å². The number of benzene rings is 2. The molecule has 1 amide bonds. The van der Waals surface area contributed by atoms with E-state index in [1.54, 1.807) is 6.07 Å². The predicted molar refractivity (Wildman–Crippen MR) is 90.5 cm³/mol. The van der Waals surface area contributed by atoms with Crippen LogP contribution < -0.4 is 11.1 Å². The zero-order chi connectivity index (χ0) is 15.2. The average molecular weight is 298 g/mol. The van der Waals surface area contributed by atoms with Gasteiger partial charge in [0.2, 0.25) is 5.91 Å². The van der Waals surface area contributed by atoms with Crippen molar-refractivity contribution < 1.29 is 4.79 Å². The summed E-state index contributed by atoms with van der Waals surface area (Å²) < 4.78 is 0. The van der Waals surface area contributed by atoms with E-state index in [0.29, 0.717) is 11.4 Å². The molecule has 3 nitrogen and oxygen atoms in total. The van der Waals surface area contributed by atoms with Gasteiger partial charge >= 0.3 is 0 Å². The molecule has 0 bridgehead atoms. The molecule has 108 valence electrons. The third kappa shape index (κ3) is 4.39. The first-order valence-corrected chi connectivity index (χ1v) is 7.21. The molecular formula is C17H18N2OS. The average Bonchev–Trinajstić information content (AvgIpc) is 2.46. The summed E-state index contributed by atoms with van der Waals surface area (Å²) in [7, 11) is 0. The molecule has 0 aliphatic rings. The Morgan fingerprint density at radius 3 is 2.67 bits per heavy atom. The van der Waals surface area contributed by atoms with Gasteiger partial charge in [0, 0.05) is 17.7 Å². The molecule has 0 radical (unpaired) electrons. The predicted octanol–water partition coefficient (Wildman–Crippen LogP) is 3.20. The number of carbonyl (C=O) groups is 1. The van der Waals surface area contributed by atoms with Crippen LogP contribution in [0.3, 0.4) is 0 Å². The smallest absolute Gasteiger partial charge is 0.224 e. The van der Waals surface area contributed by atoms with Gasteiger partial charge in [-0.05, 0) is 36.6 Å². The molecule has 0 aliphatic carbocycles. The Labute approximate surface area is 130 Å². The third-order valence-electron chi connectivity index (χ3n) is 3.31. The highest BCUT2D eigenvalue weighted by molar-refractivity contribution is 7.80. The van der Waals surface area contributed by atoms with Gasteiger partial charge in [-0.15, -0.1) is 0 Å². The molecule has 0 aromatic heterocycles. The Bertz CT molecular complexity index is 667. The second kappa shape index (κ2) is 6.99. The van der Waals surface area contributed by atoms with E-state index in [9.17, 15) is 4.79 Å². The van der Waals surface area contributed by atoms with Crippen molar-refractivity contribution in [1.29, 1.82) is 0 Å². The molecule has 2 aromatic rings. The minimum absolute atomic E-state index is 0.0154. The summed E-state index contributed by atoms with van der Waals surface area (Å²) in [6.07, 6.45) is 1.18. The van der Waals surface area contributed by atoms with Crippen molar-refractivity contribution in [3.8, 4) is 0 Å². The standard InChI is InChI=1S/C17H18N2OS/c1-12-5-2-3-6-13(12)9-10-16(20)19-15-8-4-7-14(11-15)17(18)21/h2-8,11H,9-10H2,1H3,(H2,18,21)(H,19,20).